The number of aryl methyl sites for hydroxylation is 1. The third-order valence-corrected chi connectivity index (χ3v) is 4.91. The molecule has 0 atom stereocenters. The van der Waals surface area contributed by atoms with Gasteiger partial charge in [-0.25, -0.2) is 0 Å². The molecular formula is C21H36N4. The summed E-state index contributed by atoms with van der Waals surface area (Å²) < 4.78 is 0. The van der Waals surface area contributed by atoms with Gasteiger partial charge in [0.15, 0.2) is 5.96 Å². The molecule has 0 radical (unpaired) electrons. The summed E-state index contributed by atoms with van der Waals surface area (Å²) >= 11 is 0. The van der Waals surface area contributed by atoms with Gasteiger partial charge in [-0.05, 0) is 42.7 Å². The molecule has 1 aliphatic heterocycles. The standard InChI is InChI=1S/C21H36N4/c1-5-18-6-8-19(9-7-18)10-13-23-21(22-4)24-20-11-14-25(15-12-20)16-17(2)3/h6-9,17,20H,5,10-16H2,1-4H3,(H2,22,23,24). The lowest BCUT2D eigenvalue weighted by Crippen LogP contribution is -2.49. The number of piperidine rings is 1. The second-order valence-corrected chi connectivity index (χ2v) is 7.53. The first kappa shape index (κ1) is 19.8. The molecule has 1 aromatic carbocycles. The van der Waals surface area contributed by atoms with Gasteiger partial charge < -0.3 is 15.5 Å². The maximum absolute atomic E-state index is 4.39. The lowest BCUT2D eigenvalue weighted by atomic mass is 10.0. The Bertz CT molecular complexity index is 513. The normalized spacial score (nSPS) is 17.1. The molecule has 0 amide bonds. The van der Waals surface area contributed by atoms with Crippen molar-refractivity contribution in [2.75, 3.05) is 33.2 Å². The molecule has 4 heteroatoms. The SMILES string of the molecule is CCc1ccc(CCNC(=NC)NC2CCN(CC(C)C)CC2)cc1. The molecule has 1 heterocycles. The summed E-state index contributed by atoms with van der Waals surface area (Å²) in [6.45, 7) is 11.3. The van der Waals surface area contributed by atoms with Crippen LogP contribution >= 0.6 is 0 Å². The maximum Gasteiger partial charge on any atom is 0.191 e. The quantitative estimate of drug-likeness (QED) is 0.590. The zero-order valence-corrected chi connectivity index (χ0v) is 16.5. The highest BCUT2D eigenvalue weighted by atomic mass is 15.2. The van der Waals surface area contributed by atoms with E-state index >= 15 is 0 Å². The van der Waals surface area contributed by atoms with Crippen LogP contribution in [-0.4, -0.2) is 50.1 Å². The number of hydrogen-bond donors (Lipinski definition) is 2. The molecule has 25 heavy (non-hydrogen) atoms. The number of rotatable bonds is 7. The van der Waals surface area contributed by atoms with Crippen molar-refractivity contribution in [2.24, 2.45) is 10.9 Å². The number of nitrogens with one attached hydrogen (secondary N) is 2. The maximum atomic E-state index is 4.39. The average molecular weight is 345 g/mol. The Morgan fingerprint density at radius 2 is 1.80 bits per heavy atom. The highest BCUT2D eigenvalue weighted by Gasteiger charge is 2.20. The van der Waals surface area contributed by atoms with E-state index in [4.69, 9.17) is 0 Å². The van der Waals surface area contributed by atoms with Gasteiger partial charge in [-0.1, -0.05) is 45.0 Å². The van der Waals surface area contributed by atoms with Crippen molar-refractivity contribution >= 4 is 5.96 Å². The van der Waals surface area contributed by atoms with Crippen molar-refractivity contribution in [1.82, 2.24) is 15.5 Å². The minimum absolute atomic E-state index is 0.540. The van der Waals surface area contributed by atoms with Crippen LogP contribution in [0, 0.1) is 5.92 Å². The van der Waals surface area contributed by atoms with Crippen LogP contribution in [0.4, 0.5) is 0 Å². The smallest absolute Gasteiger partial charge is 0.191 e. The third kappa shape index (κ3) is 7.07. The van der Waals surface area contributed by atoms with E-state index in [1.807, 2.05) is 7.05 Å². The molecule has 0 aromatic heterocycles. The van der Waals surface area contributed by atoms with E-state index < -0.39 is 0 Å². The molecule has 140 valence electrons. The number of aliphatic imine (C=N–C) groups is 1. The van der Waals surface area contributed by atoms with Gasteiger partial charge in [-0.2, -0.15) is 0 Å². The largest absolute Gasteiger partial charge is 0.356 e. The number of guanidine groups is 1. The Hall–Kier alpha value is -1.55. The number of likely N-dealkylation sites (tertiary alicyclic amines) is 1. The third-order valence-electron chi connectivity index (χ3n) is 4.91. The molecule has 0 spiro atoms. The molecule has 0 aliphatic carbocycles. The summed E-state index contributed by atoms with van der Waals surface area (Å²) in [5, 5.41) is 7.06. The van der Waals surface area contributed by atoms with Gasteiger partial charge in [0.25, 0.3) is 0 Å². The van der Waals surface area contributed by atoms with E-state index in [0.717, 1.165) is 31.3 Å². The van der Waals surface area contributed by atoms with Crippen LogP contribution in [0.15, 0.2) is 29.3 Å². The van der Waals surface area contributed by atoms with E-state index in [1.54, 1.807) is 0 Å². The van der Waals surface area contributed by atoms with Crippen LogP contribution in [0.1, 0.15) is 44.7 Å². The average Bonchev–Trinajstić information content (AvgIpc) is 2.62. The van der Waals surface area contributed by atoms with Gasteiger partial charge in [-0.15, -0.1) is 0 Å². The van der Waals surface area contributed by atoms with Gasteiger partial charge in [0.2, 0.25) is 0 Å². The summed E-state index contributed by atoms with van der Waals surface area (Å²) in [5.41, 5.74) is 2.78. The minimum Gasteiger partial charge on any atom is -0.356 e. The second kappa shape index (κ2) is 10.4. The Morgan fingerprint density at radius 1 is 1.16 bits per heavy atom. The van der Waals surface area contributed by atoms with Crippen molar-refractivity contribution in [3.63, 3.8) is 0 Å². The zero-order valence-electron chi connectivity index (χ0n) is 16.5. The van der Waals surface area contributed by atoms with Crippen LogP contribution < -0.4 is 10.6 Å². The van der Waals surface area contributed by atoms with Crippen LogP contribution in [0.2, 0.25) is 0 Å². The lowest BCUT2D eigenvalue weighted by molar-refractivity contribution is 0.187. The lowest BCUT2D eigenvalue weighted by Gasteiger charge is -2.34. The predicted molar refractivity (Wildman–Crippen MR) is 108 cm³/mol. The van der Waals surface area contributed by atoms with Crippen LogP contribution in [0.5, 0.6) is 0 Å². The molecule has 1 aliphatic rings. The molecule has 1 aromatic rings. The highest BCUT2D eigenvalue weighted by molar-refractivity contribution is 5.79. The monoisotopic (exact) mass is 344 g/mol. The molecule has 0 unspecified atom stereocenters. The topological polar surface area (TPSA) is 39.7 Å². The molecule has 4 nitrogen and oxygen atoms in total. The van der Waals surface area contributed by atoms with E-state index in [9.17, 15) is 0 Å². The van der Waals surface area contributed by atoms with Crippen LogP contribution in [0.3, 0.4) is 0 Å². The molecule has 2 N–H and O–H groups in total. The fourth-order valence-corrected chi connectivity index (χ4v) is 3.43. The highest BCUT2D eigenvalue weighted by Crippen LogP contribution is 2.12. The van der Waals surface area contributed by atoms with Crippen molar-refractivity contribution in [2.45, 2.75) is 52.5 Å². The van der Waals surface area contributed by atoms with Crippen molar-refractivity contribution in [1.29, 1.82) is 0 Å². The molecule has 0 bridgehead atoms. The van der Waals surface area contributed by atoms with E-state index in [-0.39, 0.29) is 0 Å². The Kier molecular flexibility index (Phi) is 8.26. The fraction of sp³-hybridized carbons (Fsp3) is 0.667. The summed E-state index contributed by atoms with van der Waals surface area (Å²) in [7, 11) is 1.86. The van der Waals surface area contributed by atoms with E-state index in [0.29, 0.717) is 6.04 Å². The first-order chi connectivity index (χ1) is 12.1. The molecule has 0 saturated carbocycles. The predicted octanol–water partition coefficient (Wildman–Crippen LogP) is 3.08. The van der Waals surface area contributed by atoms with E-state index in [1.165, 1.54) is 43.6 Å². The number of benzene rings is 1. The van der Waals surface area contributed by atoms with Gasteiger partial charge >= 0.3 is 0 Å². The van der Waals surface area contributed by atoms with Gasteiger partial charge in [-0.3, -0.25) is 4.99 Å². The van der Waals surface area contributed by atoms with Crippen molar-refractivity contribution < 1.29 is 0 Å². The second-order valence-electron chi connectivity index (χ2n) is 7.53. The molecule has 1 saturated heterocycles. The summed E-state index contributed by atoms with van der Waals surface area (Å²) in [5.74, 6) is 1.69. The molecular weight excluding hydrogens is 308 g/mol. The minimum atomic E-state index is 0.540. The Morgan fingerprint density at radius 3 is 2.36 bits per heavy atom. The van der Waals surface area contributed by atoms with Crippen molar-refractivity contribution in [3.05, 3.63) is 35.4 Å². The van der Waals surface area contributed by atoms with Gasteiger partial charge in [0, 0.05) is 39.3 Å². The zero-order chi connectivity index (χ0) is 18.1. The first-order valence-electron chi connectivity index (χ1n) is 9.88. The van der Waals surface area contributed by atoms with E-state index in [2.05, 4.69) is 65.6 Å². The summed E-state index contributed by atoms with van der Waals surface area (Å²) in [6, 6.07) is 9.47. The van der Waals surface area contributed by atoms with Crippen molar-refractivity contribution in [3.8, 4) is 0 Å². The first-order valence-corrected chi connectivity index (χ1v) is 9.88. The van der Waals surface area contributed by atoms with Crippen LogP contribution in [-0.2, 0) is 12.8 Å². The Balaban J connectivity index is 1.68. The fourth-order valence-electron chi connectivity index (χ4n) is 3.43. The summed E-state index contributed by atoms with van der Waals surface area (Å²) in [4.78, 5) is 6.97. The Labute approximate surface area is 154 Å². The summed E-state index contributed by atoms with van der Waals surface area (Å²) in [6.07, 6.45) is 4.53. The van der Waals surface area contributed by atoms with Gasteiger partial charge in [0.1, 0.15) is 0 Å². The number of nitrogens with zero attached hydrogens (tertiary/aromatic N) is 2. The molecule has 1 fully saturated rings. The number of hydrogen-bond acceptors (Lipinski definition) is 2. The van der Waals surface area contributed by atoms with Gasteiger partial charge in [0.05, 0.1) is 0 Å². The molecule has 2 rings (SSSR count). The van der Waals surface area contributed by atoms with Crippen LogP contribution in [0.25, 0.3) is 0 Å².